The van der Waals surface area contributed by atoms with Crippen LogP contribution in [-0.2, 0) is 4.79 Å². The van der Waals surface area contributed by atoms with Crippen molar-refractivity contribution in [3.63, 3.8) is 0 Å². The topological polar surface area (TPSA) is 67.4 Å². The maximum Gasteiger partial charge on any atom is 0.262 e. The van der Waals surface area contributed by atoms with E-state index < -0.39 is 5.41 Å². The zero-order chi connectivity index (χ0) is 21.1. The molecule has 0 bridgehead atoms. The fourth-order valence-corrected chi connectivity index (χ4v) is 3.69. The predicted molar refractivity (Wildman–Crippen MR) is 115 cm³/mol. The third kappa shape index (κ3) is 5.35. The smallest absolute Gasteiger partial charge is 0.262 e. The van der Waals surface area contributed by atoms with E-state index >= 15 is 0 Å². The fraction of sp³-hybridized carbons (Fsp3) is 0.455. The minimum Gasteiger partial charge on any atom is -0.497 e. The van der Waals surface area contributed by atoms with Gasteiger partial charge in [0.05, 0.1) is 23.0 Å². The largest absolute Gasteiger partial charge is 0.497 e. The summed E-state index contributed by atoms with van der Waals surface area (Å²) in [5.41, 5.74) is 1.39. The van der Waals surface area contributed by atoms with E-state index in [1.165, 1.54) is 11.3 Å². The summed E-state index contributed by atoms with van der Waals surface area (Å²) in [6, 6.07) is 9.47. The van der Waals surface area contributed by atoms with Gasteiger partial charge in [0, 0.05) is 5.41 Å². The summed E-state index contributed by atoms with van der Waals surface area (Å²) in [7, 11) is 1.63. The molecule has 0 saturated heterocycles. The maximum atomic E-state index is 12.9. The van der Waals surface area contributed by atoms with Gasteiger partial charge in [-0.15, -0.1) is 11.3 Å². The minimum absolute atomic E-state index is 0.0704. The second-order valence-electron chi connectivity index (χ2n) is 8.30. The summed E-state index contributed by atoms with van der Waals surface area (Å²) in [6.45, 7) is 11.6. The number of carbonyl (C=O) groups excluding carboxylic acids is 2. The average molecular weight is 403 g/mol. The van der Waals surface area contributed by atoms with Crippen LogP contribution in [0.4, 0.5) is 5.00 Å². The van der Waals surface area contributed by atoms with Crippen LogP contribution in [-0.4, -0.2) is 18.9 Å². The average Bonchev–Trinajstić information content (AvgIpc) is 2.99. The van der Waals surface area contributed by atoms with Crippen molar-refractivity contribution in [2.75, 3.05) is 12.4 Å². The van der Waals surface area contributed by atoms with Crippen molar-refractivity contribution < 1.29 is 14.3 Å². The third-order valence-corrected chi connectivity index (χ3v) is 5.62. The number of hydrogen-bond acceptors (Lipinski definition) is 4. The van der Waals surface area contributed by atoms with Gasteiger partial charge in [-0.05, 0) is 42.2 Å². The number of rotatable bonds is 6. The first-order valence-electron chi connectivity index (χ1n) is 9.39. The molecule has 0 unspecified atom stereocenters. The van der Waals surface area contributed by atoms with Crippen LogP contribution in [0.25, 0.3) is 0 Å². The third-order valence-electron chi connectivity index (χ3n) is 4.47. The van der Waals surface area contributed by atoms with Crippen molar-refractivity contribution in [3.8, 4) is 5.75 Å². The van der Waals surface area contributed by atoms with Crippen LogP contribution in [0.1, 0.15) is 61.5 Å². The molecule has 2 N–H and O–H groups in total. The molecule has 0 radical (unpaired) electrons. The van der Waals surface area contributed by atoms with Crippen LogP contribution < -0.4 is 15.4 Å². The lowest BCUT2D eigenvalue weighted by Gasteiger charge is -2.23. The quantitative estimate of drug-likeness (QED) is 0.700. The van der Waals surface area contributed by atoms with Gasteiger partial charge in [-0.25, -0.2) is 0 Å². The molecule has 0 saturated carbocycles. The Labute approximate surface area is 171 Å². The minimum atomic E-state index is -0.489. The summed E-state index contributed by atoms with van der Waals surface area (Å²) in [5, 5.41) is 6.73. The molecule has 1 aromatic carbocycles. The summed E-state index contributed by atoms with van der Waals surface area (Å²) >= 11 is 1.30. The Balaban J connectivity index is 2.18. The zero-order valence-corrected chi connectivity index (χ0v) is 18.5. The number of methoxy groups -OCH3 is 1. The van der Waals surface area contributed by atoms with Gasteiger partial charge < -0.3 is 15.4 Å². The van der Waals surface area contributed by atoms with Gasteiger partial charge in [0.2, 0.25) is 5.91 Å². The molecule has 0 fully saturated rings. The van der Waals surface area contributed by atoms with E-state index in [2.05, 4.69) is 24.5 Å². The molecule has 2 aromatic rings. The highest BCUT2D eigenvalue weighted by atomic mass is 32.1. The van der Waals surface area contributed by atoms with Crippen LogP contribution >= 0.6 is 11.3 Å². The number of benzene rings is 1. The summed E-state index contributed by atoms with van der Waals surface area (Å²) < 4.78 is 5.21. The molecule has 2 rings (SSSR count). The molecule has 2 amide bonds. The Morgan fingerprint density at radius 1 is 1.11 bits per heavy atom. The normalized spacial score (nSPS) is 12.6. The van der Waals surface area contributed by atoms with Crippen molar-refractivity contribution >= 4 is 28.2 Å². The van der Waals surface area contributed by atoms with Gasteiger partial charge in [0.15, 0.2) is 0 Å². The van der Waals surface area contributed by atoms with E-state index in [0.717, 1.165) is 16.9 Å². The molecule has 0 aliphatic rings. The number of anilines is 1. The van der Waals surface area contributed by atoms with E-state index in [1.807, 2.05) is 58.0 Å². The number of amides is 2. The van der Waals surface area contributed by atoms with E-state index in [9.17, 15) is 9.59 Å². The molecule has 1 atom stereocenters. The maximum absolute atomic E-state index is 12.9. The van der Waals surface area contributed by atoms with Crippen LogP contribution in [0.15, 0.2) is 30.3 Å². The number of aryl methyl sites for hydroxylation is 1. The first-order chi connectivity index (χ1) is 13.0. The van der Waals surface area contributed by atoms with Crippen molar-refractivity contribution in [1.29, 1.82) is 0 Å². The first kappa shape index (κ1) is 22.0. The van der Waals surface area contributed by atoms with Crippen LogP contribution in [0.2, 0.25) is 0 Å². The molecule has 152 valence electrons. The summed E-state index contributed by atoms with van der Waals surface area (Å²) in [5.74, 6) is 0.802. The monoisotopic (exact) mass is 402 g/mol. The van der Waals surface area contributed by atoms with Gasteiger partial charge in [-0.3, -0.25) is 9.59 Å². The Kier molecular flexibility index (Phi) is 6.88. The highest BCUT2D eigenvalue weighted by Crippen LogP contribution is 2.30. The zero-order valence-electron chi connectivity index (χ0n) is 17.7. The molecule has 28 heavy (non-hydrogen) atoms. The molecular formula is C22H30N2O3S. The molecular weight excluding hydrogens is 372 g/mol. The standard InChI is InChI=1S/C22H30N2O3S/c1-13(2)18(15-8-10-16(27-7)11-9-15)24-20(25)19-14(3)12-17(28-19)23-21(26)22(4,5)6/h8-13,18H,1-7H3,(H,23,26)(H,24,25)/t18-/m0/s1. The Morgan fingerprint density at radius 2 is 1.71 bits per heavy atom. The van der Waals surface area contributed by atoms with Crippen LogP contribution in [0.3, 0.4) is 0 Å². The number of hydrogen-bond donors (Lipinski definition) is 2. The molecule has 1 aromatic heterocycles. The van der Waals surface area contributed by atoms with Crippen molar-refractivity contribution in [1.82, 2.24) is 5.32 Å². The van der Waals surface area contributed by atoms with Gasteiger partial charge >= 0.3 is 0 Å². The molecule has 0 spiro atoms. The lowest BCUT2D eigenvalue weighted by molar-refractivity contribution is -0.123. The highest BCUT2D eigenvalue weighted by Gasteiger charge is 2.24. The van der Waals surface area contributed by atoms with Gasteiger partial charge in [-0.2, -0.15) is 0 Å². The molecule has 1 heterocycles. The van der Waals surface area contributed by atoms with Crippen molar-refractivity contribution in [2.24, 2.45) is 11.3 Å². The van der Waals surface area contributed by atoms with Gasteiger partial charge in [0.25, 0.3) is 5.91 Å². The number of carbonyl (C=O) groups is 2. The number of ether oxygens (including phenoxy) is 1. The number of thiophene rings is 1. The second kappa shape index (κ2) is 8.78. The lowest BCUT2D eigenvalue weighted by Crippen LogP contribution is -2.31. The fourth-order valence-electron chi connectivity index (χ4n) is 2.72. The van der Waals surface area contributed by atoms with Crippen LogP contribution in [0.5, 0.6) is 5.75 Å². The van der Waals surface area contributed by atoms with Crippen molar-refractivity contribution in [3.05, 3.63) is 46.3 Å². The molecule has 6 heteroatoms. The van der Waals surface area contributed by atoms with E-state index in [-0.39, 0.29) is 23.8 Å². The molecule has 5 nitrogen and oxygen atoms in total. The van der Waals surface area contributed by atoms with Gasteiger partial charge in [-0.1, -0.05) is 46.8 Å². The van der Waals surface area contributed by atoms with Crippen LogP contribution in [0, 0.1) is 18.3 Å². The number of nitrogens with one attached hydrogen (secondary N) is 2. The van der Waals surface area contributed by atoms with E-state index in [0.29, 0.717) is 9.88 Å². The first-order valence-corrected chi connectivity index (χ1v) is 10.2. The second-order valence-corrected chi connectivity index (χ2v) is 9.35. The van der Waals surface area contributed by atoms with E-state index in [4.69, 9.17) is 4.74 Å². The Bertz CT molecular complexity index is 832. The Morgan fingerprint density at radius 3 is 2.21 bits per heavy atom. The van der Waals surface area contributed by atoms with Gasteiger partial charge in [0.1, 0.15) is 5.75 Å². The Hall–Kier alpha value is -2.34. The predicted octanol–water partition coefficient (Wildman–Crippen LogP) is 5.18. The summed E-state index contributed by atoms with van der Waals surface area (Å²) in [6.07, 6.45) is 0. The molecule has 0 aliphatic carbocycles. The van der Waals surface area contributed by atoms with Crippen molar-refractivity contribution in [2.45, 2.75) is 47.6 Å². The highest BCUT2D eigenvalue weighted by molar-refractivity contribution is 7.18. The summed E-state index contributed by atoms with van der Waals surface area (Å²) in [4.78, 5) is 25.8. The SMILES string of the molecule is COc1ccc([C@@H](NC(=O)c2sc(NC(=O)C(C)(C)C)cc2C)C(C)C)cc1. The van der Waals surface area contributed by atoms with E-state index in [1.54, 1.807) is 7.11 Å². The lowest BCUT2D eigenvalue weighted by atomic mass is 9.95. The molecule has 0 aliphatic heterocycles.